The van der Waals surface area contributed by atoms with Gasteiger partial charge in [0.25, 0.3) is 0 Å². The molecule has 1 atom stereocenters. The first kappa shape index (κ1) is 16.7. The molecule has 0 aromatic heterocycles. The van der Waals surface area contributed by atoms with Gasteiger partial charge < -0.3 is 5.32 Å². The predicted octanol–water partition coefficient (Wildman–Crippen LogP) is 4.22. The van der Waals surface area contributed by atoms with E-state index in [1.807, 2.05) is 0 Å². The van der Waals surface area contributed by atoms with Crippen molar-refractivity contribution in [1.29, 1.82) is 0 Å². The van der Waals surface area contributed by atoms with Crippen LogP contribution in [0.25, 0.3) is 0 Å². The average Bonchev–Trinajstić information content (AvgIpc) is 2.63. The van der Waals surface area contributed by atoms with Crippen LogP contribution >= 0.6 is 11.6 Å². The van der Waals surface area contributed by atoms with Gasteiger partial charge in [-0.1, -0.05) is 25.4 Å². The third-order valence-electron chi connectivity index (χ3n) is 4.93. The van der Waals surface area contributed by atoms with Crippen molar-refractivity contribution >= 4 is 11.6 Å². The Morgan fingerprint density at radius 3 is 2.76 bits per heavy atom. The maximum absolute atomic E-state index is 14.0. The van der Waals surface area contributed by atoms with Gasteiger partial charge in [0.1, 0.15) is 5.82 Å². The largest absolute Gasteiger partial charge is 0.310 e. The Bertz CT molecular complexity index is 474. The first-order valence-corrected chi connectivity index (χ1v) is 8.30. The summed E-state index contributed by atoms with van der Waals surface area (Å²) < 4.78 is 14.0. The van der Waals surface area contributed by atoms with Crippen molar-refractivity contribution in [3.63, 3.8) is 0 Å². The second-order valence-electron chi connectivity index (χ2n) is 6.19. The molecule has 0 spiro atoms. The Morgan fingerprint density at radius 2 is 2.10 bits per heavy atom. The monoisotopic (exact) mass is 312 g/mol. The van der Waals surface area contributed by atoms with Crippen LogP contribution in [-0.4, -0.2) is 29.6 Å². The van der Waals surface area contributed by atoms with Crippen molar-refractivity contribution in [2.45, 2.75) is 58.2 Å². The lowest BCUT2D eigenvalue weighted by atomic mass is 9.92. The first-order valence-electron chi connectivity index (χ1n) is 7.92. The number of benzene rings is 1. The number of nitrogens with zero attached hydrogens (tertiary/aromatic N) is 1. The summed E-state index contributed by atoms with van der Waals surface area (Å²) in [7, 11) is 0. The van der Waals surface area contributed by atoms with Gasteiger partial charge in [-0.25, -0.2) is 4.39 Å². The summed E-state index contributed by atoms with van der Waals surface area (Å²) in [6, 6.07) is 5.26. The van der Waals surface area contributed by atoms with Gasteiger partial charge in [-0.05, 0) is 50.9 Å². The van der Waals surface area contributed by atoms with Crippen molar-refractivity contribution in [3.8, 4) is 0 Å². The second kappa shape index (κ2) is 7.08. The molecule has 0 bridgehead atoms. The minimum absolute atomic E-state index is 0.139. The summed E-state index contributed by atoms with van der Waals surface area (Å²) in [5, 5.41) is 4.31. The van der Waals surface area contributed by atoms with Crippen LogP contribution in [0.2, 0.25) is 5.02 Å². The zero-order valence-electron chi connectivity index (χ0n) is 13.3. The molecule has 0 amide bonds. The van der Waals surface area contributed by atoms with Crippen LogP contribution in [0.3, 0.4) is 0 Å². The molecule has 1 heterocycles. The van der Waals surface area contributed by atoms with E-state index in [0.717, 1.165) is 32.4 Å². The minimum atomic E-state index is -0.164. The molecule has 1 unspecified atom stereocenters. The predicted molar refractivity (Wildman–Crippen MR) is 87.2 cm³/mol. The molecule has 0 saturated carbocycles. The highest BCUT2D eigenvalue weighted by atomic mass is 35.5. The normalized spacial score (nSPS) is 23.0. The zero-order chi connectivity index (χ0) is 15.5. The van der Waals surface area contributed by atoms with Crippen LogP contribution < -0.4 is 5.32 Å². The molecule has 118 valence electrons. The van der Waals surface area contributed by atoms with Crippen molar-refractivity contribution < 1.29 is 4.39 Å². The quantitative estimate of drug-likeness (QED) is 0.895. The molecule has 1 aliphatic heterocycles. The fourth-order valence-corrected chi connectivity index (χ4v) is 3.34. The average molecular weight is 313 g/mol. The molecule has 1 aliphatic rings. The van der Waals surface area contributed by atoms with E-state index in [1.165, 1.54) is 6.07 Å². The van der Waals surface area contributed by atoms with Crippen molar-refractivity contribution in [2.75, 3.05) is 13.1 Å². The summed E-state index contributed by atoms with van der Waals surface area (Å²) in [6.07, 6.45) is 3.26. The number of nitrogens with one attached hydrogen (secondary N) is 1. The summed E-state index contributed by atoms with van der Waals surface area (Å²) in [5.74, 6) is -0.164. The van der Waals surface area contributed by atoms with E-state index < -0.39 is 0 Å². The highest BCUT2D eigenvalue weighted by Gasteiger charge is 2.33. The molecular weight excluding hydrogens is 287 g/mol. The van der Waals surface area contributed by atoms with Crippen LogP contribution in [0, 0.1) is 5.82 Å². The van der Waals surface area contributed by atoms with E-state index >= 15 is 0 Å². The number of halogens is 2. The smallest absolute Gasteiger partial charge is 0.127 e. The topological polar surface area (TPSA) is 15.3 Å². The van der Waals surface area contributed by atoms with Gasteiger partial charge >= 0.3 is 0 Å². The van der Waals surface area contributed by atoms with E-state index in [1.54, 1.807) is 12.1 Å². The molecule has 0 radical (unpaired) electrons. The molecule has 1 aromatic carbocycles. The van der Waals surface area contributed by atoms with Crippen molar-refractivity contribution in [1.82, 2.24) is 10.2 Å². The number of rotatable bonds is 4. The van der Waals surface area contributed by atoms with Gasteiger partial charge in [0, 0.05) is 35.3 Å². The highest BCUT2D eigenvalue weighted by molar-refractivity contribution is 6.30. The SMILES string of the molecule is CCC1(CC)CN(Cc2cc(Cl)ccc2F)C(C)CCN1. The maximum Gasteiger partial charge on any atom is 0.127 e. The molecule has 0 aliphatic carbocycles. The maximum atomic E-state index is 14.0. The lowest BCUT2D eigenvalue weighted by molar-refractivity contribution is 0.151. The van der Waals surface area contributed by atoms with Crippen molar-refractivity contribution in [2.24, 2.45) is 0 Å². The van der Waals surface area contributed by atoms with Gasteiger partial charge in [0.05, 0.1) is 0 Å². The minimum Gasteiger partial charge on any atom is -0.310 e. The highest BCUT2D eigenvalue weighted by Crippen LogP contribution is 2.25. The van der Waals surface area contributed by atoms with Crippen molar-refractivity contribution in [3.05, 3.63) is 34.6 Å². The van der Waals surface area contributed by atoms with Crippen LogP contribution in [0.5, 0.6) is 0 Å². The molecule has 2 nitrogen and oxygen atoms in total. The standard InChI is InChI=1S/C17H26ClFN2/c1-4-17(5-2)12-21(13(3)8-9-20-17)11-14-10-15(18)6-7-16(14)19/h6-7,10,13,20H,4-5,8-9,11-12H2,1-3H3. The zero-order valence-corrected chi connectivity index (χ0v) is 14.0. The van der Waals surface area contributed by atoms with Crippen LogP contribution in [-0.2, 0) is 6.54 Å². The van der Waals surface area contributed by atoms with Gasteiger partial charge in [-0.3, -0.25) is 4.90 Å². The van der Waals surface area contributed by atoms with Crippen LogP contribution in [0.1, 0.15) is 45.6 Å². The third-order valence-corrected chi connectivity index (χ3v) is 5.16. The first-order chi connectivity index (χ1) is 9.99. The van der Waals surface area contributed by atoms with E-state index in [0.29, 0.717) is 23.2 Å². The molecule has 1 aromatic rings. The Morgan fingerprint density at radius 1 is 1.38 bits per heavy atom. The molecular formula is C17H26ClFN2. The van der Waals surface area contributed by atoms with E-state index in [4.69, 9.17) is 11.6 Å². The fourth-order valence-electron chi connectivity index (χ4n) is 3.15. The van der Waals surface area contributed by atoms with Gasteiger partial charge in [0.15, 0.2) is 0 Å². The van der Waals surface area contributed by atoms with E-state index in [9.17, 15) is 4.39 Å². The summed E-state index contributed by atoms with van der Waals surface area (Å²) >= 11 is 6.02. The summed E-state index contributed by atoms with van der Waals surface area (Å²) in [4.78, 5) is 2.39. The molecule has 1 fully saturated rings. The Kier molecular flexibility index (Phi) is 5.64. The number of hydrogen-bond donors (Lipinski definition) is 1. The lowest BCUT2D eigenvalue weighted by Gasteiger charge is -2.37. The van der Waals surface area contributed by atoms with E-state index in [2.05, 4.69) is 31.0 Å². The van der Waals surface area contributed by atoms with Gasteiger partial charge in [-0.15, -0.1) is 0 Å². The lowest BCUT2D eigenvalue weighted by Crippen LogP contribution is -2.51. The molecule has 1 N–H and O–H groups in total. The fraction of sp³-hybridized carbons (Fsp3) is 0.647. The Balaban J connectivity index is 2.21. The number of hydrogen-bond acceptors (Lipinski definition) is 2. The third kappa shape index (κ3) is 3.97. The second-order valence-corrected chi connectivity index (χ2v) is 6.63. The Labute approximate surface area is 132 Å². The van der Waals surface area contributed by atoms with Crippen LogP contribution in [0.15, 0.2) is 18.2 Å². The molecule has 1 saturated heterocycles. The molecule has 2 rings (SSSR count). The summed E-state index contributed by atoms with van der Waals surface area (Å²) in [6.45, 7) is 9.28. The Hall–Kier alpha value is -0.640. The van der Waals surface area contributed by atoms with Gasteiger partial charge in [0.2, 0.25) is 0 Å². The molecule has 21 heavy (non-hydrogen) atoms. The molecule has 4 heteroatoms. The van der Waals surface area contributed by atoms with E-state index in [-0.39, 0.29) is 11.4 Å². The van der Waals surface area contributed by atoms with Gasteiger partial charge in [-0.2, -0.15) is 0 Å². The van der Waals surface area contributed by atoms with Crippen LogP contribution in [0.4, 0.5) is 4.39 Å². The summed E-state index contributed by atoms with van der Waals surface area (Å²) in [5.41, 5.74) is 0.831.